The topological polar surface area (TPSA) is 71.1 Å². The van der Waals surface area contributed by atoms with Gasteiger partial charge in [-0.3, -0.25) is 4.79 Å². The average molecular weight is 619 g/mol. The third-order valence-electron chi connectivity index (χ3n) is 7.98. The standard InChI is InChI=1S/C30H40BrN3O4S/c1-30(2,3)38-29(36)32-23-10-15-34(19-23)28(35)27-25(31)18-26(39-27)22-6-4-20(5-7-22)21-8-13-33(14-9-21)24-11-16-37-17-12-24/h4-7,18,21,23-24H,8-17,19H2,1-3H3,(H,32,36)/t23-/m0/s1. The fourth-order valence-electron chi connectivity index (χ4n) is 5.91. The number of rotatable bonds is 5. The lowest BCUT2D eigenvalue weighted by Gasteiger charge is -2.39. The van der Waals surface area contributed by atoms with Crippen LogP contribution in [0.2, 0.25) is 0 Å². The Labute approximate surface area is 244 Å². The molecule has 1 atom stereocenters. The van der Waals surface area contributed by atoms with Crippen LogP contribution in [0.4, 0.5) is 4.79 Å². The number of halogens is 1. The first-order valence-corrected chi connectivity index (χ1v) is 15.8. The number of carbonyl (C=O) groups excluding carboxylic acids is 2. The van der Waals surface area contributed by atoms with Crippen molar-refractivity contribution < 1.29 is 19.1 Å². The Morgan fingerprint density at radius 1 is 1.03 bits per heavy atom. The predicted molar refractivity (Wildman–Crippen MR) is 159 cm³/mol. The average Bonchev–Trinajstić information content (AvgIpc) is 3.54. The van der Waals surface area contributed by atoms with Crippen molar-refractivity contribution in [3.63, 3.8) is 0 Å². The predicted octanol–water partition coefficient (Wildman–Crippen LogP) is 6.28. The van der Waals surface area contributed by atoms with Crippen LogP contribution in [0.3, 0.4) is 0 Å². The van der Waals surface area contributed by atoms with Crippen molar-refractivity contribution in [3.05, 3.63) is 45.2 Å². The summed E-state index contributed by atoms with van der Waals surface area (Å²) in [5, 5.41) is 2.90. The Hall–Kier alpha value is -1.94. The summed E-state index contributed by atoms with van der Waals surface area (Å²) in [6, 6.07) is 11.6. The molecule has 0 radical (unpaired) electrons. The van der Waals surface area contributed by atoms with Crippen molar-refractivity contribution in [2.45, 2.75) is 76.5 Å². The van der Waals surface area contributed by atoms with E-state index in [9.17, 15) is 9.59 Å². The van der Waals surface area contributed by atoms with E-state index in [1.165, 1.54) is 55.7 Å². The third kappa shape index (κ3) is 7.23. The lowest BCUT2D eigenvalue weighted by molar-refractivity contribution is 0.0252. The molecule has 3 fully saturated rings. The fourth-order valence-corrected chi connectivity index (χ4v) is 7.72. The van der Waals surface area contributed by atoms with Crippen LogP contribution in [-0.2, 0) is 9.47 Å². The number of ether oxygens (including phenoxy) is 2. The largest absolute Gasteiger partial charge is 0.444 e. The number of nitrogens with one attached hydrogen (secondary N) is 1. The van der Waals surface area contributed by atoms with E-state index < -0.39 is 11.7 Å². The molecule has 7 nitrogen and oxygen atoms in total. The normalized spacial score (nSPS) is 21.7. The molecule has 0 aliphatic carbocycles. The van der Waals surface area contributed by atoms with Crippen molar-refractivity contribution in [1.29, 1.82) is 0 Å². The van der Waals surface area contributed by atoms with E-state index in [0.717, 1.165) is 34.5 Å². The number of hydrogen-bond acceptors (Lipinski definition) is 6. The minimum absolute atomic E-state index is 0.000443. The zero-order chi connectivity index (χ0) is 27.6. The van der Waals surface area contributed by atoms with E-state index >= 15 is 0 Å². The summed E-state index contributed by atoms with van der Waals surface area (Å²) in [4.78, 5) is 31.7. The molecule has 0 bridgehead atoms. The van der Waals surface area contributed by atoms with E-state index in [1.807, 2.05) is 31.7 Å². The molecule has 5 rings (SSSR count). The monoisotopic (exact) mass is 617 g/mol. The summed E-state index contributed by atoms with van der Waals surface area (Å²) in [6.45, 7) is 10.8. The van der Waals surface area contributed by atoms with Crippen LogP contribution in [0.5, 0.6) is 0 Å². The number of alkyl carbamates (subject to hydrolysis) is 1. The number of carbonyl (C=O) groups is 2. The van der Waals surface area contributed by atoms with Gasteiger partial charge in [-0.2, -0.15) is 0 Å². The Morgan fingerprint density at radius 2 is 1.72 bits per heavy atom. The highest BCUT2D eigenvalue weighted by Crippen LogP contribution is 2.37. The van der Waals surface area contributed by atoms with Gasteiger partial charge in [0.05, 0.1) is 6.04 Å². The van der Waals surface area contributed by atoms with Gasteiger partial charge in [-0.25, -0.2) is 4.79 Å². The van der Waals surface area contributed by atoms with Gasteiger partial charge in [0, 0.05) is 41.7 Å². The van der Waals surface area contributed by atoms with Gasteiger partial charge in [0.25, 0.3) is 5.91 Å². The SMILES string of the molecule is CC(C)(C)OC(=O)N[C@H]1CCN(C(=O)c2sc(-c3ccc(C4CCN(C5CCOCC5)CC4)cc3)cc2Br)C1. The molecule has 3 aliphatic rings. The number of hydrogen-bond donors (Lipinski definition) is 1. The molecule has 3 aliphatic heterocycles. The van der Waals surface area contributed by atoms with Crippen molar-refractivity contribution in [2.75, 3.05) is 39.4 Å². The maximum Gasteiger partial charge on any atom is 0.407 e. The van der Waals surface area contributed by atoms with Crippen LogP contribution in [0.15, 0.2) is 34.8 Å². The van der Waals surface area contributed by atoms with E-state index in [-0.39, 0.29) is 11.9 Å². The number of likely N-dealkylation sites (tertiary alicyclic amines) is 2. The molecule has 0 saturated carbocycles. The number of amides is 2. The van der Waals surface area contributed by atoms with Crippen molar-refractivity contribution >= 4 is 39.3 Å². The molecular weight excluding hydrogens is 578 g/mol. The molecule has 1 aromatic carbocycles. The first-order chi connectivity index (χ1) is 18.7. The zero-order valence-electron chi connectivity index (χ0n) is 23.2. The van der Waals surface area contributed by atoms with Gasteiger partial charge < -0.3 is 24.6 Å². The highest BCUT2D eigenvalue weighted by Gasteiger charge is 2.31. The molecule has 212 valence electrons. The number of thiophene rings is 1. The summed E-state index contributed by atoms with van der Waals surface area (Å²) in [5.74, 6) is 0.610. The van der Waals surface area contributed by atoms with Gasteiger partial charge >= 0.3 is 6.09 Å². The molecule has 2 aromatic rings. The van der Waals surface area contributed by atoms with E-state index in [2.05, 4.69) is 50.4 Å². The summed E-state index contributed by atoms with van der Waals surface area (Å²) in [5.41, 5.74) is 2.00. The maximum absolute atomic E-state index is 13.3. The number of nitrogens with zero attached hydrogens (tertiary/aromatic N) is 2. The minimum atomic E-state index is -0.545. The number of piperidine rings is 1. The van der Waals surface area contributed by atoms with Gasteiger partial charge in [0.1, 0.15) is 10.5 Å². The van der Waals surface area contributed by atoms with Crippen LogP contribution in [0, 0.1) is 0 Å². The molecule has 0 unspecified atom stereocenters. The maximum atomic E-state index is 13.3. The molecule has 1 N–H and O–H groups in total. The second-order valence-corrected chi connectivity index (χ2v) is 13.9. The van der Waals surface area contributed by atoms with Gasteiger partial charge in [-0.05, 0) is 105 Å². The lowest BCUT2D eigenvalue weighted by atomic mass is 9.88. The van der Waals surface area contributed by atoms with Gasteiger partial charge in [-0.1, -0.05) is 24.3 Å². The highest BCUT2D eigenvalue weighted by atomic mass is 79.9. The van der Waals surface area contributed by atoms with E-state index in [4.69, 9.17) is 9.47 Å². The third-order valence-corrected chi connectivity index (χ3v) is 10.0. The van der Waals surface area contributed by atoms with Gasteiger partial charge in [0.15, 0.2) is 0 Å². The Kier molecular flexibility index (Phi) is 9.01. The zero-order valence-corrected chi connectivity index (χ0v) is 25.6. The van der Waals surface area contributed by atoms with Crippen LogP contribution in [0.1, 0.15) is 74.0 Å². The molecule has 3 saturated heterocycles. The van der Waals surface area contributed by atoms with Gasteiger partial charge in [0.2, 0.25) is 0 Å². The first kappa shape index (κ1) is 28.6. The molecule has 39 heavy (non-hydrogen) atoms. The minimum Gasteiger partial charge on any atom is -0.444 e. The van der Waals surface area contributed by atoms with E-state index in [0.29, 0.717) is 29.9 Å². The second-order valence-electron chi connectivity index (χ2n) is 11.9. The van der Waals surface area contributed by atoms with Gasteiger partial charge in [-0.15, -0.1) is 11.3 Å². The molecule has 4 heterocycles. The Balaban J connectivity index is 1.16. The summed E-state index contributed by atoms with van der Waals surface area (Å²) in [6.07, 6.45) is 5.04. The summed E-state index contributed by atoms with van der Waals surface area (Å²) < 4.78 is 11.7. The highest BCUT2D eigenvalue weighted by molar-refractivity contribution is 9.10. The fraction of sp³-hybridized carbons (Fsp3) is 0.600. The van der Waals surface area contributed by atoms with Crippen molar-refractivity contribution in [3.8, 4) is 10.4 Å². The Morgan fingerprint density at radius 3 is 2.38 bits per heavy atom. The summed E-state index contributed by atoms with van der Waals surface area (Å²) in [7, 11) is 0. The van der Waals surface area contributed by atoms with Crippen molar-refractivity contribution in [2.24, 2.45) is 0 Å². The van der Waals surface area contributed by atoms with Crippen LogP contribution < -0.4 is 5.32 Å². The lowest BCUT2D eigenvalue weighted by Crippen LogP contribution is -2.43. The molecule has 0 spiro atoms. The molecular formula is C30H40BrN3O4S. The van der Waals surface area contributed by atoms with Crippen LogP contribution >= 0.6 is 27.3 Å². The first-order valence-electron chi connectivity index (χ1n) is 14.2. The van der Waals surface area contributed by atoms with E-state index in [1.54, 1.807) is 0 Å². The molecule has 9 heteroatoms. The van der Waals surface area contributed by atoms with Crippen LogP contribution in [-0.4, -0.2) is 78.9 Å². The summed E-state index contributed by atoms with van der Waals surface area (Å²) >= 11 is 5.15. The Bertz CT molecular complexity index is 1150. The second kappa shape index (κ2) is 12.3. The van der Waals surface area contributed by atoms with Crippen molar-refractivity contribution in [1.82, 2.24) is 15.1 Å². The smallest absolute Gasteiger partial charge is 0.407 e. The molecule has 1 aromatic heterocycles. The quantitative estimate of drug-likeness (QED) is 0.428. The molecule has 2 amide bonds. The number of benzene rings is 1. The van der Waals surface area contributed by atoms with Crippen LogP contribution in [0.25, 0.3) is 10.4 Å².